The van der Waals surface area contributed by atoms with Crippen molar-refractivity contribution in [3.05, 3.63) is 64.7 Å². The number of nitrogens with one attached hydrogen (secondary N) is 2. The third-order valence-corrected chi connectivity index (χ3v) is 3.39. The van der Waals surface area contributed by atoms with E-state index in [2.05, 4.69) is 10.6 Å². The van der Waals surface area contributed by atoms with Crippen molar-refractivity contribution in [3.8, 4) is 5.75 Å². The number of ether oxygens (including phenoxy) is 1. The fourth-order valence-electron chi connectivity index (χ4n) is 2.03. The molecule has 0 aromatic heterocycles. The molecular formula is C17H20ClN3O2. The SMILES string of the molecule is CC(NC(=O)NCc1cccc(CN)c1)Oc1ccc(Cl)cc1. The number of urea groups is 1. The van der Waals surface area contributed by atoms with Crippen LogP contribution in [-0.2, 0) is 13.1 Å². The molecule has 122 valence electrons. The lowest BCUT2D eigenvalue weighted by Crippen LogP contribution is -2.43. The maximum absolute atomic E-state index is 11.9. The Hall–Kier alpha value is -2.24. The van der Waals surface area contributed by atoms with Crippen LogP contribution in [0.1, 0.15) is 18.1 Å². The zero-order valence-electron chi connectivity index (χ0n) is 12.9. The predicted octanol–water partition coefficient (Wildman–Crippen LogP) is 3.02. The van der Waals surface area contributed by atoms with Gasteiger partial charge in [0.15, 0.2) is 6.23 Å². The fraction of sp³-hybridized carbons (Fsp3) is 0.235. The molecule has 1 unspecified atom stereocenters. The van der Waals surface area contributed by atoms with Gasteiger partial charge < -0.3 is 21.1 Å². The summed E-state index contributed by atoms with van der Waals surface area (Å²) in [5.41, 5.74) is 7.63. The number of benzene rings is 2. The number of halogens is 1. The summed E-state index contributed by atoms with van der Waals surface area (Å²) in [4.78, 5) is 11.9. The monoisotopic (exact) mass is 333 g/mol. The van der Waals surface area contributed by atoms with E-state index in [1.165, 1.54) is 0 Å². The Morgan fingerprint density at radius 3 is 2.61 bits per heavy atom. The van der Waals surface area contributed by atoms with Crippen LogP contribution in [0.4, 0.5) is 4.79 Å². The zero-order chi connectivity index (χ0) is 16.7. The number of carbonyl (C=O) groups excluding carboxylic acids is 1. The molecule has 6 heteroatoms. The summed E-state index contributed by atoms with van der Waals surface area (Å²) < 4.78 is 5.58. The van der Waals surface area contributed by atoms with Gasteiger partial charge in [-0.25, -0.2) is 4.79 Å². The molecule has 0 aliphatic rings. The minimum Gasteiger partial charge on any atom is -0.471 e. The van der Waals surface area contributed by atoms with Crippen molar-refractivity contribution in [2.24, 2.45) is 5.73 Å². The van der Waals surface area contributed by atoms with Crippen molar-refractivity contribution >= 4 is 17.6 Å². The van der Waals surface area contributed by atoms with Crippen LogP contribution in [-0.4, -0.2) is 12.3 Å². The molecular weight excluding hydrogens is 314 g/mol. The first-order chi connectivity index (χ1) is 11.1. The molecule has 2 aromatic carbocycles. The first-order valence-corrected chi connectivity index (χ1v) is 7.69. The number of nitrogens with two attached hydrogens (primary N) is 1. The van der Waals surface area contributed by atoms with Crippen LogP contribution < -0.4 is 21.1 Å². The average molecular weight is 334 g/mol. The van der Waals surface area contributed by atoms with Crippen LogP contribution in [0.2, 0.25) is 5.02 Å². The predicted molar refractivity (Wildman–Crippen MR) is 91.2 cm³/mol. The first-order valence-electron chi connectivity index (χ1n) is 7.31. The summed E-state index contributed by atoms with van der Waals surface area (Å²) in [5, 5.41) is 6.13. The second-order valence-electron chi connectivity index (χ2n) is 5.07. The van der Waals surface area contributed by atoms with Gasteiger partial charge in [0.25, 0.3) is 0 Å². The van der Waals surface area contributed by atoms with Crippen molar-refractivity contribution in [1.82, 2.24) is 10.6 Å². The number of amides is 2. The van der Waals surface area contributed by atoms with Gasteiger partial charge in [0, 0.05) is 18.1 Å². The first kappa shape index (κ1) is 17.1. The molecule has 2 amide bonds. The summed E-state index contributed by atoms with van der Waals surface area (Å²) in [5.74, 6) is 0.637. The normalized spacial score (nSPS) is 11.6. The largest absolute Gasteiger partial charge is 0.471 e. The van der Waals surface area contributed by atoms with Gasteiger partial charge in [-0.3, -0.25) is 0 Å². The van der Waals surface area contributed by atoms with Gasteiger partial charge in [-0.15, -0.1) is 0 Å². The Bertz CT molecular complexity index is 647. The van der Waals surface area contributed by atoms with E-state index in [1.54, 1.807) is 31.2 Å². The van der Waals surface area contributed by atoms with Gasteiger partial charge in [0.1, 0.15) is 5.75 Å². The minimum atomic E-state index is -0.466. The molecule has 1 atom stereocenters. The molecule has 0 radical (unpaired) electrons. The van der Waals surface area contributed by atoms with Gasteiger partial charge >= 0.3 is 6.03 Å². The Labute approximate surface area is 140 Å². The van der Waals surface area contributed by atoms with E-state index in [-0.39, 0.29) is 6.03 Å². The lowest BCUT2D eigenvalue weighted by Gasteiger charge is -2.17. The molecule has 23 heavy (non-hydrogen) atoms. The van der Waals surface area contributed by atoms with Gasteiger partial charge in [0.05, 0.1) is 0 Å². The molecule has 0 spiro atoms. The molecule has 0 saturated carbocycles. The van der Waals surface area contributed by atoms with Crippen molar-refractivity contribution in [3.63, 3.8) is 0 Å². The summed E-state index contributed by atoms with van der Waals surface area (Å²) in [6, 6.07) is 14.4. The maximum atomic E-state index is 11.9. The third-order valence-electron chi connectivity index (χ3n) is 3.14. The molecule has 0 saturated heterocycles. The van der Waals surface area contributed by atoms with Crippen molar-refractivity contribution in [2.45, 2.75) is 26.2 Å². The third kappa shape index (κ3) is 5.81. The second-order valence-corrected chi connectivity index (χ2v) is 5.50. The van der Waals surface area contributed by atoms with E-state index < -0.39 is 6.23 Å². The zero-order valence-corrected chi connectivity index (χ0v) is 13.6. The quantitative estimate of drug-likeness (QED) is 0.711. The van der Waals surface area contributed by atoms with E-state index >= 15 is 0 Å². The van der Waals surface area contributed by atoms with Gasteiger partial charge in [-0.05, 0) is 42.3 Å². The summed E-state index contributed by atoms with van der Waals surface area (Å²) >= 11 is 5.81. The van der Waals surface area contributed by atoms with Crippen molar-refractivity contribution < 1.29 is 9.53 Å². The molecule has 0 bridgehead atoms. The number of hydrogen-bond acceptors (Lipinski definition) is 3. The molecule has 0 fully saturated rings. The summed E-state index contributed by atoms with van der Waals surface area (Å²) in [6.07, 6.45) is -0.466. The number of hydrogen-bond donors (Lipinski definition) is 3. The van der Waals surface area contributed by atoms with Crippen LogP contribution in [0, 0.1) is 0 Å². The molecule has 0 heterocycles. The smallest absolute Gasteiger partial charge is 0.317 e. The van der Waals surface area contributed by atoms with Crippen LogP contribution in [0.15, 0.2) is 48.5 Å². The van der Waals surface area contributed by atoms with Gasteiger partial charge in [-0.2, -0.15) is 0 Å². The van der Waals surface area contributed by atoms with Gasteiger partial charge in [-0.1, -0.05) is 35.9 Å². The molecule has 2 rings (SSSR count). The van der Waals surface area contributed by atoms with E-state index in [1.807, 2.05) is 24.3 Å². The molecule has 0 aliphatic carbocycles. The summed E-state index contributed by atoms with van der Waals surface area (Å²) in [7, 11) is 0. The molecule has 4 N–H and O–H groups in total. The Morgan fingerprint density at radius 2 is 1.91 bits per heavy atom. The van der Waals surface area contributed by atoms with E-state index in [9.17, 15) is 4.79 Å². The second kappa shape index (κ2) is 8.41. The molecule has 2 aromatic rings. The Balaban J connectivity index is 1.78. The van der Waals surface area contributed by atoms with Crippen LogP contribution in [0.25, 0.3) is 0 Å². The van der Waals surface area contributed by atoms with E-state index in [0.29, 0.717) is 23.9 Å². The number of carbonyl (C=O) groups is 1. The van der Waals surface area contributed by atoms with Crippen molar-refractivity contribution in [2.75, 3.05) is 0 Å². The van der Waals surface area contributed by atoms with E-state index in [0.717, 1.165) is 11.1 Å². The Morgan fingerprint density at radius 1 is 1.22 bits per heavy atom. The fourth-order valence-corrected chi connectivity index (χ4v) is 2.16. The van der Waals surface area contributed by atoms with E-state index in [4.69, 9.17) is 22.1 Å². The van der Waals surface area contributed by atoms with Crippen LogP contribution in [0.5, 0.6) is 5.75 Å². The minimum absolute atomic E-state index is 0.301. The van der Waals surface area contributed by atoms with Crippen LogP contribution >= 0.6 is 11.6 Å². The highest BCUT2D eigenvalue weighted by Crippen LogP contribution is 2.16. The average Bonchev–Trinajstić information content (AvgIpc) is 2.55. The lowest BCUT2D eigenvalue weighted by atomic mass is 10.1. The highest BCUT2D eigenvalue weighted by molar-refractivity contribution is 6.30. The summed E-state index contributed by atoms with van der Waals surface area (Å²) in [6.45, 7) is 2.66. The number of rotatable bonds is 6. The standard InChI is InChI=1S/C17H20ClN3O2/c1-12(23-16-7-5-15(18)6-8-16)21-17(22)20-11-14-4-2-3-13(9-14)10-19/h2-9,12H,10-11,19H2,1H3,(H2,20,21,22). The Kier molecular flexibility index (Phi) is 6.26. The highest BCUT2D eigenvalue weighted by Gasteiger charge is 2.08. The topological polar surface area (TPSA) is 76.4 Å². The van der Waals surface area contributed by atoms with Crippen LogP contribution in [0.3, 0.4) is 0 Å². The molecule has 5 nitrogen and oxygen atoms in total. The molecule has 0 aliphatic heterocycles. The highest BCUT2D eigenvalue weighted by atomic mass is 35.5. The van der Waals surface area contributed by atoms with Gasteiger partial charge in [0.2, 0.25) is 0 Å². The van der Waals surface area contributed by atoms with Crippen molar-refractivity contribution in [1.29, 1.82) is 0 Å². The lowest BCUT2D eigenvalue weighted by molar-refractivity contribution is 0.177. The maximum Gasteiger partial charge on any atom is 0.317 e.